The second-order valence-corrected chi connectivity index (χ2v) is 7.31. The average Bonchev–Trinajstić information content (AvgIpc) is 3.34. The van der Waals surface area contributed by atoms with Gasteiger partial charge in [-0.2, -0.15) is 0 Å². The van der Waals surface area contributed by atoms with E-state index in [4.69, 9.17) is 4.74 Å². The molecule has 2 N–H and O–H groups in total. The number of rotatable bonds is 7. The minimum Gasteiger partial charge on any atom is -0.493 e. The predicted octanol–water partition coefficient (Wildman–Crippen LogP) is 3.11. The normalized spacial score (nSPS) is 14.5. The van der Waals surface area contributed by atoms with Gasteiger partial charge in [-0.25, -0.2) is 4.98 Å². The summed E-state index contributed by atoms with van der Waals surface area (Å²) in [7, 11) is 1.78. The fourth-order valence-electron chi connectivity index (χ4n) is 2.34. The molecule has 0 unspecified atom stereocenters. The van der Waals surface area contributed by atoms with E-state index < -0.39 is 0 Å². The highest BCUT2D eigenvalue weighted by atomic mass is 32.1. The van der Waals surface area contributed by atoms with Crippen molar-refractivity contribution in [3.8, 4) is 5.75 Å². The fourth-order valence-corrected chi connectivity index (χ4v) is 3.07. The first kappa shape index (κ1) is 16.8. The highest BCUT2D eigenvalue weighted by Gasteiger charge is 2.22. The fraction of sp³-hybridized carbons (Fsp3) is 0.444. The molecule has 1 aromatic heterocycles. The van der Waals surface area contributed by atoms with Crippen LogP contribution in [0.25, 0.3) is 0 Å². The molecule has 6 heteroatoms. The van der Waals surface area contributed by atoms with Crippen LogP contribution < -0.4 is 15.4 Å². The topological polar surface area (TPSA) is 58.5 Å². The van der Waals surface area contributed by atoms with Crippen LogP contribution in [0.2, 0.25) is 0 Å². The van der Waals surface area contributed by atoms with Gasteiger partial charge in [0.15, 0.2) is 5.96 Å². The molecular weight excluding hydrogens is 320 g/mol. The molecule has 0 spiro atoms. The minimum atomic E-state index is 0.683. The zero-order chi connectivity index (χ0) is 16.8. The third kappa shape index (κ3) is 4.96. The van der Waals surface area contributed by atoms with Crippen LogP contribution in [0.5, 0.6) is 5.75 Å². The SMILES string of the molecule is CN=C(NCc1cnc(C)s1)NCc1ccccc1OCC1CC1. The number of benzene rings is 1. The van der Waals surface area contributed by atoms with Crippen LogP contribution in [0.3, 0.4) is 0 Å². The number of nitrogens with one attached hydrogen (secondary N) is 2. The number of guanidine groups is 1. The summed E-state index contributed by atoms with van der Waals surface area (Å²) in [5.74, 6) is 2.49. The molecule has 2 aromatic rings. The molecule has 5 nitrogen and oxygen atoms in total. The van der Waals surface area contributed by atoms with Crippen molar-refractivity contribution in [1.82, 2.24) is 15.6 Å². The van der Waals surface area contributed by atoms with Crippen molar-refractivity contribution in [2.24, 2.45) is 10.9 Å². The van der Waals surface area contributed by atoms with Crippen LogP contribution >= 0.6 is 11.3 Å². The Morgan fingerprint density at radius 3 is 2.79 bits per heavy atom. The number of aryl methyl sites for hydroxylation is 1. The number of aromatic nitrogens is 1. The Balaban J connectivity index is 1.51. The lowest BCUT2D eigenvalue weighted by Gasteiger charge is -2.14. The van der Waals surface area contributed by atoms with Crippen molar-refractivity contribution in [3.63, 3.8) is 0 Å². The number of nitrogens with zero attached hydrogens (tertiary/aromatic N) is 2. The summed E-state index contributed by atoms with van der Waals surface area (Å²) >= 11 is 1.70. The van der Waals surface area contributed by atoms with Crippen molar-refractivity contribution < 1.29 is 4.74 Å². The summed E-state index contributed by atoms with van der Waals surface area (Å²) < 4.78 is 5.95. The van der Waals surface area contributed by atoms with Crippen LogP contribution in [-0.2, 0) is 13.1 Å². The number of hydrogen-bond acceptors (Lipinski definition) is 4. The summed E-state index contributed by atoms with van der Waals surface area (Å²) in [6.07, 6.45) is 4.50. The molecule has 1 aliphatic rings. The monoisotopic (exact) mass is 344 g/mol. The molecule has 1 saturated carbocycles. The maximum Gasteiger partial charge on any atom is 0.191 e. The highest BCUT2D eigenvalue weighted by Crippen LogP contribution is 2.30. The molecule has 0 amide bonds. The molecule has 0 aliphatic heterocycles. The van der Waals surface area contributed by atoms with E-state index in [0.717, 1.165) is 41.3 Å². The third-order valence-electron chi connectivity index (χ3n) is 3.91. The second kappa shape index (κ2) is 8.15. The van der Waals surface area contributed by atoms with Gasteiger partial charge < -0.3 is 15.4 Å². The predicted molar refractivity (Wildman–Crippen MR) is 98.6 cm³/mol. The first-order valence-corrected chi connectivity index (χ1v) is 9.13. The van der Waals surface area contributed by atoms with E-state index in [1.165, 1.54) is 17.7 Å². The Morgan fingerprint density at radius 1 is 1.29 bits per heavy atom. The van der Waals surface area contributed by atoms with Gasteiger partial charge in [0.05, 0.1) is 18.2 Å². The lowest BCUT2D eigenvalue weighted by atomic mass is 10.2. The van der Waals surface area contributed by atoms with Crippen LogP contribution in [0, 0.1) is 12.8 Å². The van der Waals surface area contributed by atoms with Crippen molar-refractivity contribution in [2.75, 3.05) is 13.7 Å². The van der Waals surface area contributed by atoms with E-state index in [1.807, 2.05) is 31.3 Å². The number of aliphatic imine (C=N–C) groups is 1. The maximum atomic E-state index is 5.95. The molecule has 0 bridgehead atoms. The Hall–Kier alpha value is -2.08. The summed E-state index contributed by atoms with van der Waals surface area (Å²) in [4.78, 5) is 9.74. The Morgan fingerprint density at radius 2 is 2.08 bits per heavy atom. The Kier molecular flexibility index (Phi) is 5.69. The van der Waals surface area contributed by atoms with Crippen LogP contribution in [0.1, 0.15) is 28.3 Å². The second-order valence-electron chi connectivity index (χ2n) is 5.99. The molecular formula is C18H24N4OS. The molecule has 128 valence electrons. The molecule has 3 rings (SSSR count). The van der Waals surface area contributed by atoms with Gasteiger partial charge in [-0.05, 0) is 31.7 Å². The van der Waals surface area contributed by atoms with Gasteiger partial charge in [0, 0.05) is 30.2 Å². The lowest BCUT2D eigenvalue weighted by Crippen LogP contribution is -2.36. The van der Waals surface area contributed by atoms with Gasteiger partial charge in [0.1, 0.15) is 5.75 Å². The lowest BCUT2D eigenvalue weighted by molar-refractivity contribution is 0.296. The van der Waals surface area contributed by atoms with E-state index in [0.29, 0.717) is 6.54 Å². The van der Waals surface area contributed by atoms with Crippen molar-refractivity contribution >= 4 is 17.3 Å². The zero-order valence-electron chi connectivity index (χ0n) is 14.2. The number of ether oxygens (including phenoxy) is 1. The van der Waals surface area contributed by atoms with E-state index in [9.17, 15) is 0 Å². The van der Waals surface area contributed by atoms with Crippen molar-refractivity contribution in [2.45, 2.75) is 32.9 Å². The largest absolute Gasteiger partial charge is 0.493 e. The summed E-state index contributed by atoms with van der Waals surface area (Å²) in [5.41, 5.74) is 1.15. The van der Waals surface area contributed by atoms with Crippen LogP contribution in [-0.4, -0.2) is 24.6 Å². The van der Waals surface area contributed by atoms with Crippen LogP contribution in [0.4, 0.5) is 0 Å². The van der Waals surface area contributed by atoms with Crippen LogP contribution in [0.15, 0.2) is 35.5 Å². The van der Waals surface area contributed by atoms with E-state index in [-0.39, 0.29) is 0 Å². The Bertz CT molecular complexity index is 694. The Labute approximate surface area is 147 Å². The smallest absolute Gasteiger partial charge is 0.191 e. The quantitative estimate of drug-likeness (QED) is 0.598. The maximum absolute atomic E-state index is 5.95. The standard InChI is InChI=1S/C18H24N4OS/c1-13-20-10-16(24-13)11-22-18(19-2)21-9-15-5-3-4-6-17(15)23-12-14-7-8-14/h3-6,10,14H,7-9,11-12H2,1-2H3,(H2,19,21,22). The molecule has 1 aliphatic carbocycles. The minimum absolute atomic E-state index is 0.683. The molecule has 0 atom stereocenters. The number of hydrogen-bond donors (Lipinski definition) is 2. The number of para-hydroxylation sites is 1. The molecule has 24 heavy (non-hydrogen) atoms. The first-order valence-electron chi connectivity index (χ1n) is 8.31. The van der Waals surface area contributed by atoms with Gasteiger partial charge in [-0.15, -0.1) is 11.3 Å². The highest BCUT2D eigenvalue weighted by molar-refractivity contribution is 7.11. The van der Waals surface area contributed by atoms with Gasteiger partial charge >= 0.3 is 0 Å². The summed E-state index contributed by atoms with van der Waals surface area (Å²) in [6.45, 7) is 4.25. The van der Waals surface area contributed by atoms with E-state index >= 15 is 0 Å². The van der Waals surface area contributed by atoms with Gasteiger partial charge in [-0.1, -0.05) is 18.2 Å². The molecule has 0 saturated heterocycles. The first-order chi connectivity index (χ1) is 11.7. The van der Waals surface area contributed by atoms with Crippen molar-refractivity contribution in [3.05, 3.63) is 45.9 Å². The van der Waals surface area contributed by atoms with Crippen molar-refractivity contribution in [1.29, 1.82) is 0 Å². The zero-order valence-corrected chi connectivity index (χ0v) is 15.0. The summed E-state index contributed by atoms with van der Waals surface area (Å²) in [6, 6.07) is 8.19. The third-order valence-corrected chi connectivity index (χ3v) is 4.83. The summed E-state index contributed by atoms with van der Waals surface area (Å²) in [5, 5.41) is 7.75. The van der Waals surface area contributed by atoms with E-state index in [2.05, 4.69) is 26.7 Å². The number of thiazole rings is 1. The molecule has 1 fully saturated rings. The van der Waals surface area contributed by atoms with Gasteiger partial charge in [-0.3, -0.25) is 4.99 Å². The molecule has 1 heterocycles. The molecule has 0 radical (unpaired) electrons. The van der Waals surface area contributed by atoms with E-state index in [1.54, 1.807) is 18.4 Å². The molecule has 1 aromatic carbocycles. The average molecular weight is 344 g/mol. The van der Waals surface area contributed by atoms with Gasteiger partial charge in [0.25, 0.3) is 0 Å². The van der Waals surface area contributed by atoms with Gasteiger partial charge in [0.2, 0.25) is 0 Å².